The van der Waals surface area contributed by atoms with Crippen LogP contribution in [0.25, 0.3) is 0 Å². The quantitative estimate of drug-likeness (QED) is 0.0348. The maximum absolute atomic E-state index is 12.7. The van der Waals surface area contributed by atoms with Crippen LogP contribution in [0.4, 0.5) is 0 Å². The van der Waals surface area contributed by atoms with Crippen LogP contribution in [0.2, 0.25) is 0 Å². The van der Waals surface area contributed by atoms with Gasteiger partial charge in [0.15, 0.2) is 6.10 Å². The van der Waals surface area contributed by atoms with E-state index in [0.717, 1.165) is 77.0 Å². The number of allylic oxidation sites excluding steroid dienone is 10. The molecule has 0 radical (unpaired) electrons. The average molecular weight is 811 g/mol. The fourth-order valence-corrected chi connectivity index (χ4v) is 6.85. The number of carbonyl (C=O) groups excluding carboxylic acids is 2. The lowest BCUT2D eigenvalue weighted by Crippen LogP contribution is -2.30. The van der Waals surface area contributed by atoms with Gasteiger partial charge in [0.2, 0.25) is 0 Å². The molecule has 5 nitrogen and oxygen atoms in total. The van der Waals surface area contributed by atoms with Crippen LogP contribution in [0.5, 0.6) is 0 Å². The molecule has 0 aromatic rings. The van der Waals surface area contributed by atoms with E-state index >= 15 is 0 Å². The summed E-state index contributed by atoms with van der Waals surface area (Å²) in [5.41, 5.74) is 0. The van der Waals surface area contributed by atoms with E-state index in [1.807, 2.05) is 0 Å². The Morgan fingerprint density at radius 2 is 0.776 bits per heavy atom. The third-order valence-electron chi connectivity index (χ3n) is 10.5. The lowest BCUT2D eigenvalue weighted by molar-refractivity contribution is -0.163. The first-order valence-electron chi connectivity index (χ1n) is 24.8. The molecule has 0 aliphatic rings. The smallest absolute Gasteiger partial charge is 0.306 e. The Balaban J connectivity index is 4.27. The molecule has 0 bridgehead atoms. The van der Waals surface area contributed by atoms with Crippen molar-refractivity contribution in [2.75, 3.05) is 19.8 Å². The van der Waals surface area contributed by atoms with Crippen LogP contribution >= 0.6 is 0 Å². The number of carbonyl (C=O) groups is 2. The second kappa shape index (κ2) is 49.0. The molecule has 0 N–H and O–H groups in total. The van der Waals surface area contributed by atoms with Gasteiger partial charge in [-0.05, 0) is 83.5 Å². The van der Waals surface area contributed by atoms with Crippen LogP contribution in [-0.4, -0.2) is 37.9 Å². The normalized spacial score (nSPS) is 12.7. The Bertz CT molecular complexity index is 1010. The Morgan fingerprint density at radius 3 is 1.28 bits per heavy atom. The minimum Gasteiger partial charge on any atom is -0.462 e. The van der Waals surface area contributed by atoms with Gasteiger partial charge in [0, 0.05) is 19.4 Å². The molecule has 336 valence electrons. The van der Waals surface area contributed by atoms with Crippen molar-refractivity contribution in [1.82, 2.24) is 0 Å². The van der Waals surface area contributed by atoms with Gasteiger partial charge in [-0.15, -0.1) is 0 Å². The average Bonchev–Trinajstić information content (AvgIpc) is 3.22. The van der Waals surface area contributed by atoms with Gasteiger partial charge in [0.05, 0.1) is 6.61 Å². The number of hydrogen-bond donors (Lipinski definition) is 0. The van der Waals surface area contributed by atoms with Crippen molar-refractivity contribution in [2.45, 2.75) is 245 Å². The third kappa shape index (κ3) is 46.3. The van der Waals surface area contributed by atoms with E-state index in [4.69, 9.17) is 14.2 Å². The van der Waals surface area contributed by atoms with Gasteiger partial charge in [-0.3, -0.25) is 9.59 Å². The number of rotatable bonds is 45. The predicted octanol–water partition coefficient (Wildman–Crippen LogP) is 16.6. The van der Waals surface area contributed by atoms with Gasteiger partial charge < -0.3 is 14.2 Å². The van der Waals surface area contributed by atoms with Crippen LogP contribution in [0.3, 0.4) is 0 Å². The molecule has 1 unspecified atom stereocenters. The van der Waals surface area contributed by atoms with Gasteiger partial charge in [-0.2, -0.15) is 0 Å². The van der Waals surface area contributed by atoms with Crippen molar-refractivity contribution in [3.8, 4) is 0 Å². The molecule has 0 spiro atoms. The van der Waals surface area contributed by atoms with Crippen molar-refractivity contribution in [3.63, 3.8) is 0 Å². The fourth-order valence-electron chi connectivity index (χ4n) is 6.85. The SMILES string of the molecule is CC/C=C\C/C=C\C/C=C\CCCCCCOCC(COC(=O)CCCCCCCCC/C=C\C/C=C\CCCCC)OC(=O)CCCCCCCCCCCCC. The molecule has 0 heterocycles. The lowest BCUT2D eigenvalue weighted by atomic mass is 10.1. The molecule has 5 heteroatoms. The highest BCUT2D eigenvalue weighted by Gasteiger charge is 2.17. The molecule has 0 fully saturated rings. The van der Waals surface area contributed by atoms with Crippen LogP contribution in [0, 0.1) is 0 Å². The maximum atomic E-state index is 12.7. The van der Waals surface area contributed by atoms with E-state index in [2.05, 4.69) is 81.5 Å². The third-order valence-corrected chi connectivity index (χ3v) is 10.5. The Labute approximate surface area is 360 Å². The highest BCUT2D eigenvalue weighted by atomic mass is 16.6. The van der Waals surface area contributed by atoms with Gasteiger partial charge in [-0.1, -0.05) is 204 Å². The Morgan fingerprint density at radius 1 is 0.397 bits per heavy atom. The molecule has 0 amide bonds. The maximum Gasteiger partial charge on any atom is 0.306 e. The van der Waals surface area contributed by atoms with Crippen molar-refractivity contribution in [3.05, 3.63) is 60.8 Å². The summed E-state index contributed by atoms with van der Waals surface area (Å²) in [4.78, 5) is 25.3. The van der Waals surface area contributed by atoms with Crippen LogP contribution in [0.1, 0.15) is 239 Å². The molecule has 0 saturated carbocycles. The van der Waals surface area contributed by atoms with Gasteiger partial charge in [0.1, 0.15) is 6.61 Å². The van der Waals surface area contributed by atoms with Crippen molar-refractivity contribution in [2.24, 2.45) is 0 Å². The molecule has 0 aliphatic heterocycles. The number of esters is 2. The Hall–Kier alpha value is -2.40. The summed E-state index contributed by atoms with van der Waals surface area (Å²) in [5.74, 6) is -0.415. The van der Waals surface area contributed by atoms with E-state index in [1.54, 1.807) is 0 Å². The van der Waals surface area contributed by atoms with E-state index in [1.165, 1.54) is 128 Å². The first-order valence-corrected chi connectivity index (χ1v) is 24.8. The van der Waals surface area contributed by atoms with Gasteiger partial charge in [-0.25, -0.2) is 0 Å². The molecule has 0 aromatic heterocycles. The van der Waals surface area contributed by atoms with Crippen molar-refractivity contribution < 1.29 is 23.8 Å². The van der Waals surface area contributed by atoms with Crippen molar-refractivity contribution >= 4 is 11.9 Å². The summed E-state index contributed by atoms with van der Waals surface area (Å²) in [6.07, 6.45) is 60.8. The number of hydrogen-bond acceptors (Lipinski definition) is 5. The van der Waals surface area contributed by atoms with E-state index in [9.17, 15) is 9.59 Å². The van der Waals surface area contributed by atoms with E-state index in [-0.39, 0.29) is 25.2 Å². The summed E-state index contributed by atoms with van der Waals surface area (Å²) < 4.78 is 17.3. The molecular weight excluding hydrogens is 717 g/mol. The topological polar surface area (TPSA) is 61.8 Å². The van der Waals surface area contributed by atoms with Crippen LogP contribution in [0.15, 0.2) is 60.8 Å². The summed E-state index contributed by atoms with van der Waals surface area (Å²) in [5, 5.41) is 0. The van der Waals surface area contributed by atoms with Crippen molar-refractivity contribution in [1.29, 1.82) is 0 Å². The highest BCUT2D eigenvalue weighted by Crippen LogP contribution is 2.14. The molecular formula is C53H94O5. The molecule has 0 saturated heterocycles. The minimum atomic E-state index is -0.548. The molecule has 0 rings (SSSR count). The lowest BCUT2D eigenvalue weighted by Gasteiger charge is -2.18. The standard InChI is InChI=1S/C53H94O5/c1-4-7-10-13-16-19-22-24-26-27-28-29-32-34-37-40-43-46-52(54)57-50-51(58-53(55)47-44-41-38-35-31-21-18-15-12-9-6-3)49-56-48-45-42-39-36-33-30-25-23-20-17-14-11-8-5-2/h8,11,16-17,19-20,24-26,30,51H,4-7,9-10,12-15,18,21-23,27-29,31-50H2,1-3H3/b11-8-,19-16-,20-17-,26-24-,30-25-. The fraction of sp³-hybridized carbons (Fsp3) is 0.774. The van der Waals surface area contributed by atoms with E-state index in [0.29, 0.717) is 19.4 Å². The molecule has 0 aromatic carbocycles. The second-order valence-corrected chi connectivity index (χ2v) is 16.3. The molecule has 58 heavy (non-hydrogen) atoms. The van der Waals surface area contributed by atoms with Crippen LogP contribution in [-0.2, 0) is 23.8 Å². The highest BCUT2D eigenvalue weighted by molar-refractivity contribution is 5.70. The summed E-state index contributed by atoms with van der Waals surface area (Å²) >= 11 is 0. The molecule has 1 atom stereocenters. The monoisotopic (exact) mass is 811 g/mol. The predicted molar refractivity (Wildman–Crippen MR) is 251 cm³/mol. The largest absolute Gasteiger partial charge is 0.462 e. The Kier molecular flexibility index (Phi) is 46.9. The zero-order valence-corrected chi connectivity index (χ0v) is 38.6. The van der Waals surface area contributed by atoms with Crippen LogP contribution < -0.4 is 0 Å². The summed E-state index contributed by atoms with van der Waals surface area (Å²) in [6.45, 7) is 7.64. The first kappa shape index (κ1) is 55.6. The number of ether oxygens (including phenoxy) is 3. The van der Waals surface area contributed by atoms with Gasteiger partial charge in [0.25, 0.3) is 0 Å². The number of unbranched alkanes of at least 4 members (excludes halogenated alkanes) is 24. The first-order chi connectivity index (χ1) is 28.6. The minimum absolute atomic E-state index is 0.0729. The van der Waals surface area contributed by atoms with Gasteiger partial charge >= 0.3 is 11.9 Å². The summed E-state index contributed by atoms with van der Waals surface area (Å²) in [6, 6.07) is 0. The second-order valence-electron chi connectivity index (χ2n) is 16.3. The summed E-state index contributed by atoms with van der Waals surface area (Å²) in [7, 11) is 0. The zero-order chi connectivity index (χ0) is 42.1. The molecule has 0 aliphatic carbocycles. The zero-order valence-electron chi connectivity index (χ0n) is 38.6. The van der Waals surface area contributed by atoms with E-state index < -0.39 is 6.10 Å².